The molecule has 0 bridgehead atoms. The van der Waals surface area contributed by atoms with E-state index >= 15 is 0 Å². The van der Waals surface area contributed by atoms with Crippen molar-refractivity contribution in [3.63, 3.8) is 0 Å². The van der Waals surface area contributed by atoms with Crippen LogP contribution >= 0.6 is 0 Å². The number of benzene rings is 1. The Labute approximate surface area is 107 Å². The van der Waals surface area contributed by atoms with Gasteiger partial charge in [-0.25, -0.2) is 0 Å². The summed E-state index contributed by atoms with van der Waals surface area (Å²) in [5, 5.41) is 4.45. The average molecular weight is 245 g/mol. The van der Waals surface area contributed by atoms with Crippen molar-refractivity contribution in [2.75, 3.05) is 12.8 Å². The van der Waals surface area contributed by atoms with Gasteiger partial charge in [-0.15, -0.1) is 0 Å². The summed E-state index contributed by atoms with van der Waals surface area (Å²) in [6, 6.07) is 6.09. The highest BCUT2D eigenvalue weighted by Crippen LogP contribution is 2.36. The first-order valence-corrected chi connectivity index (χ1v) is 6.04. The highest BCUT2D eigenvalue weighted by atomic mass is 16.5. The number of hydrogen-bond donors (Lipinski definition) is 1. The summed E-state index contributed by atoms with van der Waals surface area (Å²) >= 11 is 0. The quantitative estimate of drug-likeness (QED) is 0.904. The Kier molecular flexibility index (Phi) is 3.28. The minimum Gasteiger partial charge on any atom is -0.496 e. The predicted molar refractivity (Wildman–Crippen MR) is 73.7 cm³/mol. The number of ether oxygens (including phenoxy) is 1. The molecule has 0 saturated heterocycles. The van der Waals surface area contributed by atoms with Crippen LogP contribution in [0.2, 0.25) is 0 Å². The second-order valence-electron chi connectivity index (χ2n) is 4.39. The van der Waals surface area contributed by atoms with Crippen LogP contribution in [-0.4, -0.2) is 16.9 Å². The molecular formula is C14H19N3O. The Morgan fingerprint density at radius 1 is 1.39 bits per heavy atom. The molecule has 0 saturated carbocycles. The summed E-state index contributed by atoms with van der Waals surface area (Å²) in [6.07, 6.45) is 0.845. The second kappa shape index (κ2) is 4.72. The monoisotopic (exact) mass is 245 g/mol. The minimum absolute atomic E-state index is 0.677. The Morgan fingerprint density at radius 2 is 2.11 bits per heavy atom. The summed E-state index contributed by atoms with van der Waals surface area (Å²) in [6.45, 7) is 4.13. The van der Waals surface area contributed by atoms with Crippen LogP contribution < -0.4 is 10.5 Å². The number of aromatic nitrogens is 2. The lowest BCUT2D eigenvalue weighted by Gasteiger charge is -2.10. The molecular weight excluding hydrogens is 226 g/mol. The smallest absolute Gasteiger partial charge is 0.129 e. The first-order valence-electron chi connectivity index (χ1n) is 6.04. The number of methoxy groups -OCH3 is 1. The zero-order chi connectivity index (χ0) is 13.3. The highest BCUT2D eigenvalue weighted by molar-refractivity contribution is 5.81. The fraction of sp³-hybridized carbons (Fsp3) is 0.357. The van der Waals surface area contributed by atoms with E-state index in [0.717, 1.165) is 29.0 Å². The third-order valence-electron chi connectivity index (χ3n) is 3.12. The molecule has 2 aromatic rings. The molecule has 1 aromatic heterocycles. The van der Waals surface area contributed by atoms with Gasteiger partial charge >= 0.3 is 0 Å². The molecule has 0 aliphatic rings. The molecule has 2 rings (SSSR count). The van der Waals surface area contributed by atoms with Crippen molar-refractivity contribution in [3.05, 3.63) is 29.5 Å². The van der Waals surface area contributed by atoms with Crippen molar-refractivity contribution < 1.29 is 4.74 Å². The van der Waals surface area contributed by atoms with Crippen molar-refractivity contribution >= 4 is 5.82 Å². The molecule has 0 fully saturated rings. The van der Waals surface area contributed by atoms with E-state index in [0.29, 0.717) is 5.82 Å². The number of rotatable bonds is 3. The van der Waals surface area contributed by atoms with E-state index in [1.807, 2.05) is 19.2 Å². The van der Waals surface area contributed by atoms with Gasteiger partial charge in [-0.3, -0.25) is 4.68 Å². The van der Waals surface area contributed by atoms with Crippen molar-refractivity contribution in [2.24, 2.45) is 7.05 Å². The van der Waals surface area contributed by atoms with Gasteiger partial charge in [0.1, 0.15) is 11.6 Å². The number of nitrogen functional groups attached to an aromatic ring is 1. The van der Waals surface area contributed by atoms with Crippen molar-refractivity contribution in [1.82, 2.24) is 9.78 Å². The van der Waals surface area contributed by atoms with Gasteiger partial charge in [-0.05, 0) is 25.5 Å². The van der Waals surface area contributed by atoms with Gasteiger partial charge in [0.15, 0.2) is 0 Å². The Balaban J connectivity index is 2.71. The van der Waals surface area contributed by atoms with E-state index in [1.165, 1.54) is 5.56 Å². The van der Waals surface area contributed by atoms with Gasteiger partial charge in [0, 0.05) is 12.6 Å². The summed E-state index contributed by atoms with van der Waals surface area (Å²) in [5.41, 5.74) is 10.3. The first-order chi connectivity index (χ1) is 8.58. The fourth-order valence-electron chi connectivity index (χ4n) is 2.15. The normalized spacial score (nSPS) is 10.7. The Hall–Kier alpha value is -1.97. The molecule has 1 aromatic carbocycles. The molecule has 96 valence electrons. The summed E-state index contributed by atoms with van der Waals surface area (Å²) in [7, 11) is 3.53. The summed E-state index contributed by atoms with van der Waals surface area (Å²) < 4.78 is 7.14. The third kappa shape index (κ3) is 1.94. The highest BCUT2D eigenvalue weighted by Gasteiger charge is 2.17. The van der Waals surface area contributed by atoms with Crippen LogP contribution in [0.15, 0.2) is 18.2 Å². The van der Waals surface area contributed by atoms with Gasteiger partial charge in [0.05, 0.1) is 18.4 Å². The number of nitrogens with zero attached hydrogens (tertiary/aromatic N) is 2. The van der Waals surface area contributed by atoms with Crippen molar-refractivity contribution in [2.45, 2.75) is 20.3 Å². The maximum absolute atomic E-state index is 6.13. The maximum atomic E-state index is 6.13. The molecule has 18 heavy (non-hydrogen) atoms. The lowest BCUT2D eigenvalue weighted by atomic mass is 10.0. The van der Waals surface area contributed by atoms with Gasteiger partial charge < -0.3 is 10.5 Å². The third-order valence-corrected chi connectivity index (χ3v) is 3.12. The van der Waals surface area contributed by atoms with Crippen LogP contribution in [0.1, 0.15) is 18.2 Å². The number of nitrogens with two attached hydrogens (primary N) is 1. The largest absolute Gasteiger partial charge is 0.496 e. The van der Waals surface area contributed by atoms with Gasteiger partial charge in [-0.1, -0.05) is 18.6 Å². The summed E-state index contributed by atoms with van der Waals surface area (Å²) in [4.78, 5) is 0. The fourth-order valence-corrected chi connectivity index (χ4v) is 2.15. The maximum Gasteiger partial charge on any atom is 0.129 e. The minimum atomic E-state index is 0.677. The first kappa shape index (κ1) is 12.5. The van der Waals surface area contributed by atoms with E-state index in [-0.39, 0.29) is 0 Å². The van der Waals surface area contributed by atoms with E-state index in [2.05, 4.69) is 25.0 Å². The van der Waals surface area contributed by atoms with Crippen LogP contribution in [0.3, 0.4) is 0 Å². The standard InChI is InChI=1S/C14H19N3O/c1-5-11-13(14(15)17(3)16-11)10-8-9(2)6-7-12(10)18-4/h6-8H,5,15H2,1-4H3. The van der Waals surface area contributed by atoms with E-state index < -0.39 is 0 Å². The summed E-state index contributed by atoms with van der Waals surface area (Å²) in [5.74, 6) is 1.51. The molecule has 0 aliphatic carbocycles. The van der Waals surface area contributed by atoms with Crippen LogP contribution in [0, 0.1) is 6.92 Å². The average Bonchev–Trinajstić information content (AvgIpc) is 2.65. The zero-order valence-electron chi connectivity index (χ0n) is 11.3. The molecule has 4 nitrogen and oxygen atoms in total. The molecule has 0 radical (unpaired) electrons. The van der Waals surface area contributed by atoms with Crippen LogP contribution in [-0.2, 0) is 13.5 Å². The lowest BCUT2D eigenvalue weighted by Crippen LogP contribution is -1.98. The van der Waals surface area contributed by atoms with E-state index in [4.69, 9.17) is 10.5 Å². The number of hydrogen-bond acceptors (Lipinski definition) is 3. The second-order valence-corrected chi connectivity index (χ2v) is 4.39. The van der Waals surface area contributed by atoms with Crippen LogP contribution in [0.4, 0.5) is 5.82 Å². The molecule has 4 heteroatoms. The molecule has 1 heterocycles. The van der Waals surface area contributed by atoms with Gasteiger partial charge in [0.25, 0.3) is 0 Å². The van der Waals surface area contributed by atoms with Crippen molar-refractivity contribution in [3.8, 4) is 16.9 Å². The number of aryl methyl sites for hydroxylation is 3. The molecule has 0 aliphatic heterocycles. The topological polar surface area (TPSA) is 53.1 Å². The molecule has 2 N–H and O–H groups in total. The van der Waals surface area contributed by atoms with Gasteiger partial charge in [0.2, 0.25) is 0 Å². The predicted octanol–water partition coefficient (Wildman–Crippen LogP) is 2.55. The van der Waals surface area contributed by atoms with E-state index in [1.54, 1.807) is 11.8 Å². The van der Waals surface area contributed by atoms with Crippen LogP contribution in [0.25, 0.3) is 11.1 Å². The van der Waals surface area contributed by atoms with Crippen LogP contribution in [0.5, 0.6) is 5.75 Å². The lowest BCUT2D eigenvalue weighted by molar-refractivity contribution is 0.416. The molecule has 0 atom stereocenters. The Bertz CT molecular complexity index is 573. The molecule has 0 spiro atoms. The SMILES string of the molecule is CCc1nn(C)c(N)c1-c1cc(C)ccc1OC. The zero-order valence-corrected chi connectivity index (χ0v) is 11.3. The number of anilines is 1. The molecule has 0 amide bonds. The molecule has 0 unspecified atom stereocenters. The van der Waals surface area contributed by atoms with Gasteiger partial charge in [-0.2, -0.15) is 5.10 Å². The van der Waals surface area contributed by atoms with E-state index in [9.17, 15) is 0 Å². The van der Waals surface area contributed by atoms with Crippen molar-refractivity contribution in [1.29, 1.82) is 0 Å². The Morgan fingerprint density at radius 3 is 2.72 bits per heavy atom.